The van der Waals surface area contributed by atoms with Gasteiger partial charge < -0.3 is 9.64 Å². The lowest BCUT2D eigenvalue weighted by atomic mass is 10.2. The van der Waals surface area contributed by atoms with Crippen LogP contribution in [0.15, 0.2) is 75.6 Å². The molecule has 4 aromatic rings. The van der Waals surface area contributed by atoms with Gasteiger partial charge in [0.05, 0.1) is 30.9 Å². The van der Waals surface area contributed by atoms with Crippen LogP contribution in [-0.2, 0) is 17.9 Å². The summed E-state index contributed by atoms with van der Waals surface area (Å²) in [6.07, 6.45) is 1.68. The predicted octanol–water partition coefficient (Wildman–Crippen LogP) is 4.85. The molecule has 1 amide bonds. The van der Waals surface area contributed by atoms with E-state index in [0.29, 0.717) is 17.4 Å². The van der Waals surface area contributed by atoms with E-state index in [-0.39, 0.29) is 24.4 Å². The number of carbonyl (C=O) groups excluding carboxylic acids is 1. The fourth-order valence-corrected chi connectivity index (χ4v) is 4.34. The zero-order chi connectivity index (χ0) is 21.8. The molecule has 8 heteroatoms. The van der Waals surface area contributed by atoms with E-state index < -0.39 is 0 Å². The van der Waals surface area contributed by atoms with Crippen molar-refractivity contribution in [1.29, 1.82) is 0 Å². The highest BCUT2D eigenvalue weighted by atomic mass is 79.9. The molecule has 4 rings (SSSR count). The molecular weight excluding hydrogens is 478 g/mol. The number of anilines is 1. The number of hydrogen-bond donors (Lipinski definition) is 0. The standard InChI is InChI=1S/C23H20BrN3O3S/c1-30-18-7-5-17(6-8-18)27(14-19-3-2-12-31-19)22(28)10-11-26-15-25-21-9-4-16(24)13-20(21)23(26)29/h2-9,12-13,15H,10-11,14H2,1H3. The van der Waals surface area contributed by atoms with Crippen molar-refractivity contribution < 1.29 is 9.53 Å². The zero-order valence-electron chi connectivity index (χ0n) is 16.8. The summed E-state index contributed by atoms with van der Waals surface area (Å²) in [6, 6.07) is 16.8. The lowest BCUT2D eigenvalue weighted by Gasteiger charge is -2.23. The first-order chi connectivity index (χ1) is 15.0. The van der Waals surface area contributed by atoms with Crippen LogP contribution in [0.2, 0.25) is 0 Å². The molecule has 0 saturated carbocycles. The Labute approximate surface area is 191 Å². The summed E-state index contributed by atoms with van der Waals surface area (Å²) in [6.45, 7) is 0.727. The smallest absolute Gasteiger partial charge is 0.261 e. The van der Waals surface area contributed by atoms with Crippen LogP contribution in [0.1, 0.15) is 11.3 Å². The minimum Gasteiger partial charge on any atom is -0.497 e. The van der Waals surface area contributed by atoms with E-state index in [1.165, 1.54) is 10.9 Å². The van der Waals surface area contributed by atoms with Gasteiger partial charge in [0.2, 0.25) is 5.91 Å². The number of rotatable bonds is 7. The van der Waals surface area contributed by atoms with Crippen LogP contribution in [0.3, 0.4) is 0 Å². The molecule has 2 heterocycles. The van der Waals surface area contributed by atoms with Crippen LogP contribution in [-0.4, -0.2) is 22.6 Å². The number of nitrogens with zero attached hydrogens (tertiary/aromatic N) is 3. The highest BCUT2D eigenvalue weighted by Crippen LogP contribution is 2.23. The molecule has 0 bridgehead atoms. The number of aryl methyl sites for hydroxylation is 1. The molecule has 6 nitrogen and oxygen atoms in total. The Kier molecular flexibility index (Phi) is 6.48. The van der Waals surface area contributed by atoms with E-state index in [0.717, 1.165) is 20.8 Å². The fraction of sp³-hybridized carbons (Fsp3) is 0.174. The average molecular weight is 498 g/mol. The van der Waals surface area contributed by atoms with Gasteiger partial charge in [-0.3, -0.25) is 14.2 Å². The number of fused-ring (bicyclic) bond motifs is 1. The van der Waals surface area contributed by atoms with Gasteiger partial charge in [-0.1, -0.05) is 22.0 Å². The monoisotopic (exact) mass is 497 g/mol. The largest absolute Gasteiger partial charge is 0.497 e. The van der Waals surface area contributed by atoms with E-state index in [9.17, 15) is 9.59 Å². The molecule has 2 aromatic heterocycles. The molecule has 0 aliphatic carbocycles. The summed E-state index contributed by atoms with van der Waals surface area (Å²) in [5.41, 5.74) is 1.26. The number of benzene rings is 2. The number of hydrogen-bond acceptors (Lipinski definition) is 5. The Morgan fingerprint density at radius 2 is 2.00 bits per heavy atom. The van der Waals surface area contributed by atoms with E-state index >= 15 is 0 Å². The molecule has 158 valence electrons. The molecule has 0 radical (unpaired) electrons. The highest BCUT2D eigenvalue weighted by molar-refractivity contribution is 9.10. The van der Waals surface area contributed by atoms with Crippen LogP contribution in [0, 0.1) is 0 Å². The third kappa shape index (κ3) is 4.86. The molecule has 0 N–H and O–H groups in total. The minimum atomic E-state index is -0.159. The van der Waals surface area contributed by atoms with Crippen molar-refractivity contribution in [1.82, 2.24) is 9.55 Å². The normalized spacial score (nSPS) is 10.9. The lowest BCUT2D eigenvalue weighted by molar-refractivity contribution is -0.119. The summed E-state index contributed by atoms with van der Waals surface area (Å²) >= 11 is 4.99. The zero-order valence-corrected chi connectivity index (χ0v) is 19.2. The third-order valence-electron chi connectivity index (χ3n) is 4.93. The molecule has 2 aromatic carbocycles. The van der Waals surface area contributed by atoms with Crippen molar-refractivity contribution in [3.63, 3.8) is 0 Å². The number of methoxy groups -OCH3 is 1. The summed E-state index contributed by atoms with van der Waals surface area (Å²) in [5, 5.41) is 2.51. The minimum absolute atomic E-state index is 0.0696. The maximum atomic E-state index is 13.2. The van der Waals surface area contributed by atoms with Gasteiger partial charge in [0, 0.05) is 28.0 Å². The van der Waals surface area contributed by atoms with Crippen molar-refractivity contribution in [3.05, 3.63) is 86.0 Å². The predicted molar refractivity (Wildman–Crippen MR) is 127 cm³/mol. The van der Waals surface area contributed by atoms with Gasteiger partial charge in [-0.25, -0.2) is 4.98 Å². The van der Waals surface area contributed by atoms with E-state index in [1.54, 1.807) is 35.5 Å². The number of carbonyl (C=O) groups is 1. The Bertz CT molecular complexity index is 1250. The van der Waals surface area contributed by atoms with Gasteiger partial charge in [-0.15, -0.1) is 11.3 Å². The number of thiophene rings is 1. The third-order valence-corrected chi connectivity index (χ3v) is 6.29. The van der Waals surface area contributed by atoms with Crippen molar-refractivity contribution in [2.75, 3.05) is 12.0 Å². The van der Waals surface area contributed by atoms with Gasteiger partial charge in [-0.2, -0.15) is 0 Å². The van der Waals surface area contributed by atoms with Gasteiger partial charge in [-0.05, 0) is 53.9 Å². The first-order valence-electron chi connectivity index (χ1n) is 9.66. The number of ether oxygens (including phenoxy) is 1. The molecule has 0 spiro atoms. The molecule has 0 aliphatic rings. The van der Waals surface area contributed by atoms with E-state index in [4.69, 9.17) is 4.74 Å². The fourth-order valence-electron chi connectivity index (χ4n) is 3.29. The number of halogens is 1. The summed E-state index contributed by atoms with van der Waals surface area (Å²) in [5.74, 6) is 0.659. The van der Waals surface area contributed by atoms with E-state index in [2.05, 4.69) is 20.9 Å². The van der Waals surface area contributed by atoms with Crippen LogP contribution in [0.25, 0.3) is 10.9 Å². The molecule has 0 unspecified atom stereocenters. The topological polar surface area (TPSA) is 64.4 Å². The average Bonchev–Trinajstić information content (AvgIpc) is 3.31. The molecule has 31 heavy (non-hydrogen) atoms. The molecule has 0 atom stereocenters. The Hall–Kier alpha value is -2.97. The van der Waals surface area contributed by atoms with E-state index in [1.807, 2.05) is 47.8 Å². The van der Waals surface area contributed by atoms with Crippen molar-refractivity contribution in [3.8, 4) is 5.75 Å². The Morgan fingerprint density at radius 3 is 2.71 bits per heavy atom. The molecular formula is C23H20BrN3O3S. The van der Waals surface area contributed by atoms with Crippen molar-refractivity contribution in [2.45, 2.75) is 19.5 Å². The SMILES string of the molecule is COc1ccc(N(Cc2cccs2)C(=O)CCn2cnc3ccc(Br)cc3c2=O)cc1. The molecule has 0 saturated heterocycles. The lowest BCUT2D eigenvalue weighted by Crippen LogP contribution is -2.32. The Morgan fingerprint density at radius 1 is 1.19 bits per heavy atom. The van der Waals surface area contributed by atoms with Crippen LogP contribution >= 0.6 is 27.3 Å². The summed E-state index contributed by atoms with van der Waals surface area (Å²) < 4.78 is 7.53. The number of amides is 1. The quantitative estimate of drug-likeness (QED) is 0.366. The number of aromatic nitrogens is 2. The maximum absolute atomic E-state index is 13.2. The second-order valence-electron chi connectivity index (χ2n) is 6.91. The van der Waals surface area contributed by atoms with Gasteiger partial charge in [0.25, 0.3) is 5.56 Å². The molecule has 0 fully saturated rings. The second-order valence-corrected chi connectivity index (χ2v) is 8.86. The van der Waals surface area contributed by atoms with Gasteiger partial charge in [0.1, 0.15) is 5.75 Å². The van der Waals surface area contributed by atoms with Crippen LogP contribution < -0.4 is 15.2 Å². The maximum Gasteiger partial charge on any atom is 0.261 e. The van der Waals surface area contributed by atoms with Crippen molar-refractivity contribution >= 4 is 49.8 Å². The highest BCUT2D eigenvalue weighted by Gasteiger charge is 2.18. The molecule has 0 aliphatic heterocycles. The second kappa shape index (κ2) is 9.45. The van der Waals surface area contributed by atoms with Crippen LogP contribution in [0.4, 0.5) is 5.69 Å². The van der Waals surface area contributed by atoms with Gasteiger partial charge in [0.15, 0.2) is 0 Å². The first-order valence-corrected chi connectivity index (χ1v) is 11.3. The summed E-state index contributed by atoms with van der Waals surface area (Å²) in [4.78, 5) is 33.2. The van der Waals surface area contributed by atoms with Crippen molar-refractivity contribution in [2.24, 2.45) is 0 Å². The summed E-state index contributed by atoms with van der Waals surface area (Å²) in [7, 11) is 1.61. The Balaban J connectivity index is 1.56. The van der Waals surface area contributed by atoms with Gasteiger partial charge >= 0.3 is 0 Å². The van der Waals surface area contributed by atoms with Crippen LogP contribution in [0.5, 0.6) is 5.75 Å². The first kappa shape index (κ1) is 21.3.